The van der Waals surface area contributed by atoms with Gasteiger partial charge in [0.2, 0.25) is 0 Å². The molecule has 3 heterocycles. The molecule has 2 aromatic heterocycles. The zero-order valence-electron chi connectivity index (χ0n) is 50.6. The molecule has 1 aliphatic heterocycles. The van der Waals surface area contributed by atoms with Crippen molar-refractivity contribution in [2.24, 2.45) is 0 Å². The minimum Gasteiger partial charge on any atom is -0.509 e. The summed E-state index contributed by atoms with van der Waals surface area (Å²) in [6.45, 7) is 26.5. The SMILES string of the molecule is [2H]c1c([2H])c([2H])c(-c2cnc(-n3c4[c-]c(Oc5[c-]c(N6[CH-]N(c7cc(C(C)(C)C)cc(C(C)(C)C)c7)c7ccc(-c8cc(C(C)(C)C)cc(C(C)(C)C)c8)cc76)ccc5)ccc4c4ccccc43)cc2C([2H])([2H])[2H])c([2H])c1[2H].[Pt]. The molecule has 0 N–H and O–H groups in total. The molecule has 0 atom stereocenters. The Morgan fingerprint density at radius 1 is 0.563 bits per heavy atom. The van der Waals surface area contributed by atoms with Crippen LogP contribution in [-0.2, 0) is 42.7 Å². The van der Waals surface area contributed by atoms with E-state index in [4.69, 9.17) is 20.7 Å². The summed E-state index contributed by atoms with van der Waals surface area (Å²) in [6.07, 6.45) is 1.28. The molecule has 1 aliphatic rings. The van der Waals surface area contributed by atoms with Crippen LogP contribution in [0.3, 0.4) is 0 Å². The van der Waals surface area contributed by atoms with E-state index in [1.165, 1.54) is 34.5 Å². The molecule has 7 aromatic carbocycles. The van der Waals surface area contributed by atoms with Crippen molar-refractivity contribution in [3.8, 4) is 39.6 Å². The smallest absolute Gasteiger partial charge is 0.135 e. The van der Waals surface area contributed by atoms with Gasteiger partial charge in [-0.15, -0.1) is 48.1 Å². The second kappa shape index (κ2) is 18.3. The summed E-state index contributed by atoms with van der Waals surface area (Å²) < 4.78 is 76.4. The molecular weight excluding hydrogens is 1050 g/mol. The molecule has 5 nitrogen and oxygen atoms in total. The number of rotatable bonds is 7. The van der Waals surface area contributed by atoms with Crippen LogP contribution in [-0.4, -0.2) is 9.55 Å². The summed E-state index contributed by atoms with van der Waals surface area (Å²) in [5.74, 6) is 1.06. The maximum Gasteiger partial charge on any atom is 0.135 e. The maximum atomic E-state index is 8.66. The molecule has 0 amide bonds. The standard InChI is InChI=1S/C65H65N4O.Pt/c1-42-30-61(66-40-56(42)43-20-15-14-16-21-43)69-57-25-18-17-24-54(57)55-28-27-53(39-59(55)69)70-52-23-19-22-50(38-52)67-41-68(51-36-48(64(8,9)10)35-49(37-51)65(11,12)13)58-29-26-44(33-60(58)67)45-31-46(62(2,3)4)34-47(32-45)63(5,6)7;/h14-37,40-41H,1-13H3;/q-3;/i1D3,14D,15D,16D,20D,21D;. The molecule has 0 unspecified atom stereocenters. The van der Waals surface area contributed by atoms with Crippen LogP contribution < -0.4 is 14.5 Å². The van der Waals surface area contributed by atoms with Gasteiger partial charge in [0.25, 0.3) is 0 Å². The van der Waals surface area contributed by atoms with Gasteiger partial charge in [0.05, 0.1) is 6.85 Å². The molecule has 0 radical (unpaired) electrons. The van der Waals surface area contributed by atoms with Crippen LogP contribution in [0.5, 0.6) is 11.5 Å². The van der Waals surface area contributed by atoms with Crippen LogP contribution >= 0.6 is 0 Å². The minimum absolute atomic E-state index is 0. The number of nitrogens with zero attached hydrogens (tertiary/aromatic N) is 4. The Morgan fingerprint density at radius 2 is 1.20 bits per heavy atom. The topological polar surface area (TPSA) is 33.5 Å². The Labute approximate surface area is 448 Å². The molecule has 10 rings (SSSR count). The molecule has 0 spiro atoms. The molecule has 0 saturated heterocycles. The molecule has 0 fully saturated rings. The van der Waals surface area contributed by atoms with E-state index in [1.807, 2.05) is 59.2 Å². The monoisotopic (exact) mass is 1120 g/mol. The van der Waals surface area contributed by atoms with Gasteiger partial charge >= 0.3 is 0 Å². The Balaban J connectivity index is 0.00000757. The van der Waals surface area contributed by atoms with Crippen molar-refractivity contribution in [2.45, 2.75) is 112 Å². The van der Waals surface area contributed by atoms with Crippen LogP contribution in [0.1, 0.15) is 122 Å². The van der Waals surface area contributed by atoms with E-state index in [1.54, 1.807) is 0 Å². The normalized spacial score (nSPS) is 15.0. The Bertz CT molecular complexity index is 3780. The second-order valence-electron chi connectivity index (χ2n) is 22.7. The number of fused-ring (bicyclic) bond motifs is 4. The average Bonchev–Trinajstić information content (AvgIpc) is 4.19. The number of ether oxygens (including phenoxy) is 1. The van der Waals surface area contributed by atoms with Gasteiger partial charge < -0.3 is 19.1 Å². The van der Waals surface area contributed by atoms with Gasteiger partial charge in [-0.3, -0.25) is 0 Å². The molecule has 364 valence electrons. The minimum atomic E-state index is -2.75. The summed E-state index contributed by atoms with van der Waals surface area (Å²) >= 11 is 0. The third-order valence-electron chi connectivity index (χ3n) is 13.3. The summed E-state index contributed by atoms with van der Waals surface area (Å²) in [4.78, 5) is 9.19. The van der Waals surface area contributed by atoms with E-state index in [0.29, 0.717) is 17.0 Å². The van der Waals surface area contributed by atoms with E-state index in [-0.39, 0.29) is 65.2 Å². The Hall–Kier alpha value is -6.42. The maximum absolute atomic E-state index is 8.66. The number of hydrogen-bond donors (Lipinski definition) is 0. The number of benzene rings is 7. The second-order valence-corrected chi connectivity index (χ2v) is 22.7. The first-order valence-electron chi connectivity index (χ1n) is 28.0. The fourth-order valence-corrected chi connectivity index (χ4v) is 9.09. The fourth-order valence-electron chi connectivity index (χ4n) is 9.09. The number of anilines is 4. The largest absolute Gasteiger partial charge is 0.509 e. The van der Waals surface area contributed by atoms with Crippen LogP contribution in [0.2, 0.25) is 0 Å². The van der Waals surface area contributed by atoms with Crippen molar-refractivity contribution in [1.29, 1.82) is 0 Å². The third-order valence-corrected chi connectivity index (χ3v) is 13.3. The van der Waals surface area contributed by atoms with Gasteiger partial charge in [0.15, 0.2) is 0 Å². The number of aromatic nitrogens is 2. The first kappa shape index (κ1) is 40.2. The van der Waals surface area contributed by atoms with Gasteiger partial charge in [0, 0.05) is 71.0 Å². The molecular formula is C65H65N4OPt-3. The van der Waals surface area contributed by atoms with Crippen LogP contribution in [0.25, 0.3) is 49.9 Å². The molecule has 0 aliphatic carbocycles. The Kier molecular flexibility index (Phi) is 10.4. The number of pyridine rings is 1. The van der Waals surface area contributed by atoms with Crippen molar-refractivity contribution in [3.63, 3.8) is 0 Å². The summed E-state index contributed by atoms with van der Waals surface area (Å²) in [5, 5.41) is 1.68. The average molecular weight is 1120 g/mol. The van der Waals surface area contributed by atoms with Gasteiger partial charge in [-0.25, -0.2) is 4.98 Å². The molecule has 9 aromatic rings. The first-order valence-corrected chi connectivity index (χ1v) is 24.0. The number of hydrogen-bond acceptors (Lipinski definition) is 4. The van der Waals surface area contributed by atoms with Crippen molar-refractivity contribution in [3.05, 3.63) is 198 Å². The van der Waals surface area contributed by atoms with Gasteiger partial charge in [-0.1, -0.05) is 167 Å². The van der Waals surface area contributed by atoms with Gasteiger partial charge in [-0.05, 0) is 115 Å². The summed E-state index contributed by atoms with van der Waals surface area (Å²) in [7, 11) is 0. The van der Waals surface area contributed by atoms with E-state index >= 15 is 0 Å². The quantitative estimate of drug-likeness (QED) is 0.149. The third kappa shape index (κ3) is 9.71. The van der Waals surface area contributed by atoms with E-state index in [2.05, 4.69) is 166 Å². The van der Waals surface area contributed by atoms with Crippen molar-refractivity contribution in [1.82, 2.24) is 9.55 Å². The number of para-hydroxylation sites is 1. The summed E-state index contributed by atoms with van der Waals surface area (Å²) in [5.41, 5.74) is 11.6. The first-order chi connectivity index (χ1) is 36.4. The predicted octanol–water partition coefficient (Wildman–Crippen LogP) is 17.8. The van der Waals surface area contributed by atoms with Crippen LogP contribution in [0, 0.1) is 25.7 Å². The number of aryl methyl sites for hydroxylation is 1. The Morgan fingerprint density at radius 3 is 1.85 bits per heavy atom. The van der Waals surface area contributed by atoms with Crippen molar-refractivity contribution < 1.29 is 36.8 Å². The zero-order chi connectivity index (χ0) is 56.3. The van der Waals surface area contributed by atoms with Crippen molar-refractivity contribution in [2.75, 3.05) is 9.80 Å². The molecule has 71 heavy (non-hydrogen) atoms. The summed E-state index contributed by atoms with van der Waals surface area (Å²) in [6, 6.07) is 43.8. The predicted molar refractivity (Wildman–Crippen MR) is 295 cm³/mol. The molecule has 0 bridgehead atoms. The molecule has 0 saturated carbocycles. The van der Waals surface area contributed by atoms with E-state index in [9.17, 15) is 0 Å². The fraction of sp³-hybridized carbons (Fsp3) is 0.262. The van der Waals surface area contributed by atoms with Gasteiger partial charge in [0.1, 0.15) is 5.82 Å². The van der Waals surface area contributed by atoms with Crippen molar-refractivity contribution >= 4 is 44.6 Å². The van der Waals surface area contributed by atoms with E-state index < -0.39 is 37.1 Å². The molecule has 6 heteroatoms. The van der Waals surface area contributed by atoms with Gasteiger partial charge in [-0.2, -0.15) is 12.1 Å². The van der Waals surface area contributed by atoms with E-state index in [0.717, 1.165) is 50.2 Å². The zero-order valence-corrected chi connectivity index (χ0v) is 44.9. The van der Waals surface area contributed by atoms with Crippen LogP contribution in [0.15, 0.2) is 152 Å². The van der Waals surface area contributed by atoms with Crippen LogP contribution in [0.4, 0.5) is 22.7 Å².